The molecule has 3 aromatic heterocycles. The van der Waals surface area contributed by atoms with E-state index in [2.05, 4.69) is 65.2 Å². The maximum Gasteiger partial charge on any atom is 0.164 e. The first kappa shape index (κ1) is 22.4. The van der Waals surface area contributed by atoms with Gasteiger partial charge < -0.3 is 8.98 Å². The van der Waals surface area contributed by atoms with Crippen molar-refractivity contribution in [2.24, 2.45) is 0 Å². The third-order valence-electron chi connectivity index (χ3n) is 7.32. The molecule has 0 spiro atoms. The molecule has 188 valence electrons. The summed E-state index contributed by atoms with van der Waals surface area (Å²) in [7, 11) is 0. The van der Waals surface area contributed by atoms with Gasteiger partial charge >= 0.3 is 0 Å². The largest absolute Gasteiger partial charge is 0.464 e. The molecule has 8 aromatic rings. The Bertz CT molecular complexity index is 2100. The monoisotopic (exact) mass is 514 g/mol. The van der Waals surface area contributed by atoms with Gasteiger partial charge in [-0.3, -0.25) is 0 Å². The van der Waals surface area contributed by atoms with Crippen LogP contribution in [0, 0.1) is 0 Å². The molecule has 5 aromatic carbocycles. The second kappa shape index (κ2) is 9.03. The van der Waals surface area contributed by atoms with Crippen LogP contribution in [0.4, 0.5) is 0 Å². The first-order valence-electron chi connectivity index (χ1n) is 13.2. The van der Waals surface area contributed by atoms with Crippen LogP contribution in [-0.2, 0) is 0 Å². The molecule has 8 rings (SSSR count). The van der Waals surface area contributed by atoms with Gasteiger partial charge in [0.25, 0.3) is 0 Å². The molecule has 0 amide bonds. The molecule has 0 aliphatic carbocycles. The average molecular weight is 515 g/mol. The molecule has 0 atom stereocenters. The van der Waals surface area contributed by atoms with E-state index in [1.807, 2.05) is 66.7 Å². The summed E-state index contributed by atoms with van der Waals surface area (Å²) in [6.45, 7) is 0. The van der Waals surface area contributed by atoms with E-state index in [4.69, 9.17) is 19.4 Å². The average Bonchev–Trinajstić information content (AvgIpc) is 3.64. The van der Waals surface area contributed by atoms with Crippen molar-refractivity contribution >= 4 is 32.8 Å². The van der Waals surface area contributed by atoms with E-state index in [1.54, 1.807) is 6.26 Å². The Kier molecular flexibility index (Phi) is 5.07. The fraction of sp³-hybridized carbons (Fsp3) is 0. The van der Waals surface area contributed by atoms with Crippen molar-refractivity contribution in [2.75, 3.05) is 0 Å². The van der Waals surface area contributed by atoms with E-state index < -0.39 is 0 Å². The van der Waals surface area contributed by atoms with Gasteiger partial charge in [-0.05, 0) is 36.4 Å². The van der Waals surface area contributed by atoms with Crippen molar-refractivity contribution in [3.8, 4) is 39.9 Å². The molecule has 0 aliphatic rings. The Morgan fingerprint density at radius 3 is 1.85 bits per heavy atom. The number of hydrogen-bond acceptors (Lipinski definition) is 4. The molecular formula is C35H22N4O. The zero-order chi connectivity index (χ0) is 26.5. The summed E-state index contributed by atoms with van der Waals surface area (Å²) >= 11 is 0. The fourth-order valence-corrected chi connectivity index (χ4v) is 5.48. The maximum absolute atomic E-state index is 5.95. The minimum absolute atomic E-state index is 0.628. The SMILES string of the molecule is c1ccc(-c2nc(-c3ccccc3)nc(-c3cccc(-n4c5ccccc5c5c6occc6ccc54)c3)n2)cc1. The molecule has 3 heterocycles. The molecule has 0 fully saturated rings. The van der Waals surface area contributed by atoms with Crippen molar-refractivity contribution in [1.82, 2.24) is 19.5 Å². The zero-order valence-corrected chi connectivity index (χ0v) is 21.4. The van der Waals surface area contributed by atoms with Crippen LogP contribution in [0.15, 0.2) is 138 Å². The second-order valence-corrected chi connectivity index (χ2v) is 9.74. The molecule has 0 saturated carbocycles. The summed E-state index contributed by atoms with van der Waals surface area (Å²) < 4.78 is 8.24. The van der Waals surface area contributed by atoms with Crippen molar-refractivity contribution in [3.05, 3.63) is 134 Å². The third kappa shape index (κ3) is 3.60. The highest BCUT2D eigenvalue weighted by Crippen LogP contribution is 2.37. The van der Waals surface area contributed by atoms with Gasteiger partial charge in [0, 0.05) is 33.2 Å². The van der Waals surface area contributed by atoms with Gasteiger partial charge in [-0.2, -0.15) is 0 Å². The lowest BCUT2D eigenvalue weighted by atomic mass is 10.1. The van der Waals surface area contributed by atoms with Crippen LogP contribution in [0.1, 0.15) is 0 Å². The normalized spacial score (nSPS) is 11.5. The quantitative estimate of drug-likeness (QED) is 0.236. The van der Waals surface area contributed by atoms with Crippen molar-refractivity contribution in [1.29, 1.82) is 0 Å². The Hall–Kier alpha value is -5.55. The first-order valence-corrected chi connectivity index (χ1v) is 13.2. The summed E-state index contributed by atoms with van der Waals surface area (Å²) in [5.74, 6) is 1.92. The first-order chi connectivity index (χ1) is 19.8. The van der Waals surface area contributed by atoms with Crippen LogP contribution in [0.5, 0.6) is 0 Å². The van der Waals surface area contributed by atoms with Gasteiger partial charge in [0.15, 0.2) is 17.5 Å². The number of rotatable bonds is 4. The third-order valence-corrected chi connectivity index (χ3v) is 7.32. The predicted molar refractivity (Wildman–Crippen MR) is 160 cm³/mol. The molecule has 5 nitrogen and oxygen atoms in total. The molecule has 5 heteroatoms. The number of benzene rings is 5. The van der Waals surface area contributed by atoms with E-state index in [0.29, 0.717) is 17.5 Å². The highest BCUT2D eigenvalue weighted by atomic mass is 16.3. The smallest absolute Gasteiger partial charge is 0.164 e. The standard InChI is InChI=1S/C35H22N4O/c1-3-10-24(11-4-1)33-36-34(25-12-5-2-6-13-25)38-35(37-33)26-14-9-15-27(22-26)39-29-17-8-7-16-28(29)31-30(39)19-18-23-20-21-40-32(23)31/h1-22H. The lowest BCUT2D eigenvalue weighted by Gasteiger charge is -2.11. The van der Waals surface area contributed by atoms with Gasteiger partial charge in [0.05, 0.1) is 22.7 Å². The molecule has 0 N–H and O–H groups in total. The van der Waals surface area contributed by atoms with Gasteiger partial charge in [-0.25, -0.2) is 15.0 Å². The Balaban J connectivity index is 1.35. The minimum atomic E-state index is 0.628. The predicted octanol–water partition coefficient (Wildman–Crippen LogP) is 8.72. The number of furan rings is 1. The van der Waals surface area contributed by atoms with Crippen molar-refractivity contribution < 1.29 is 4.42 Å². The maximum atomic E-state index is 5.95. The van der Waals surface area contributed by atoms with Gasteiger partial charge in [-0.1, -0.05) is 91.0 Å². The van der Waals surface area contributed by atoms with Crippen molar-refractivity contribution in [3.63, 3.8) is 0 Å². The molecule has 0 saturated heterocycles. The summed E-state index contributed by atoms with van der Waals surface area (Å²) in [6, 6.07) is 43.2. The molecule has 0 aliphatic heterocycles. The van der Waals surface area contributed by atoms with Crippen LogP contribution in [0.25, 0.3) is 72.6 Å². The van der Waals surface area contributed by atoms with Crippen molar-refractivity contribution in [2.45, 2.75) is 0 Å². The number of aromatic nitrogens is 4. The molecule has 0 radical (unpaired) electrons. The van der Waals surface area contributed by atoms with Crippen LogP contribution < -0.4 is 0 Å². The van der Waals surface area contributed by atoms with E-state index in [-0.39, 0.29) is 0 Å². The molecule has 40 heavy (non-hydrogen) atoms. The summed E-state index contributed by atoms with van der Waals surface area (Å²) in [4.78, 5) is 14.7. The number of hydrogen-bond donors (Lipinski definition) is 0. The van der Waals surface area contributed by atoms with Crippen LogP contribution in [0.2, 0.25) is 0 Å². The molecule has 0 unspecified atom stereocenters. The topological polar surface area (TPSA) is 56.7 Å². The zero-order valence-electron chi connectivity index (χ0n) is 21.4. The lowest BCUT2D eigenvalue weighted by molar-refractivity contribution is 0.619. The Morgan fingerprint density at radius 1 is 0.500 bits per heavy atom. The van der Waals surface area contributed by atoms with Gasteiger partial charge in [-0.15, -0.1) is 0 Å². The summed E-state index contributed by atoms with van der Waals surface area (Å²) in [5.41, 5.74) is 6.95. The summed E-state index contributed by atoms with van der Waals surface area (Å²) in [5, 5.41) is 3.36. The van der Waals surface area contributed by atoms with E-state index in [9.17, 15) is 0 Å². The number of nitrogens with zero attached hydrogens (tertiary/aromatic N) is 4. The fourth-order valence-electron chi connectivity index (χ4n) is 5.48. The number of para-hydroxylation sites is 1. The van der Waals surface area contributed by atoms with E-state index in [1.165, 1.54) is 0 Å². The summed E-state index contributed by atoms with van der Waals surface area (Å²) in [6.07, 6.45) is 1.76. The Morgan fingerprint density at radius 2 is 1.12 bits per heavy atom. The van der Waals surface area contributed by atoms with Gasteiger partial charge in [0.2, 0.25) is 0 Å². The highest BCUT2D eigenvalue weighted by molar-refractivity contribution is 6.19. The van der Waals surface area contributed by atoms with E-state index in [0.717, 1.165) is 55.2 Å². The molecular weight excluding hydrogens is 492 g/mol. The molecule has 0 bridgehead atoms. The minimum Gasteiger partial charge on any atom is -0.464 e. The lowest BCUT2D eigenvalue weighted by Crippen LogP contribution is -2.01. The van der Waals surface area contributed by atoms with Crippen LogP contribution in [0.3, 0.4) is 0 Å². The number of fused-ring (bicyclic) bond motifs is 5. The second-order valence-electron chi connectivity index (χ2n) is 9.74. The van der Waals surface area contributed by atoms with Gasteiger partial charge in [0.1, 0.15) is 5.58 Å². The van der Waals surface area contributed by atoms with Crippen LogP contribution >= 0.6 is 0 Å². The highest BCUT2D eigenvalue weighted by Gasteiger charge is 2.17. The van der Waals surface area contributed by atoms with E-state index >= 15 is 0 Å². The Labute approximate surface area is 230 Å². The van der Waals surface area contributed by atoms with Crippen LogP contribution in [-0.4, -0.2) is 19.5 Å².